The van der Waals surface area contributed by atoms with Gasteiger partial charge < -0.3 is 9.64 Å². The zero-order chi connectivity index (χ0) is 13.1. The van der Waals surface area contributed by atoms with Gasteiger partial charge in [-0.25, -0.2) is 4.98 Å². The molecule has 0 N–H and O–H groups in total. The third-order valence-corrected chi connectivity index (χ3v) is 4.30. The van der Waals surface area contributed by atoms with Crippen molar-refractivity contribution in [3.63, 3.8) is 0 Å². The molecule has 1 aromatic rings. The summed E-state index contributed by atoms with van der Waals surface area (Å²) in [5.74, 6) is 0.920. The van der Waals surface area contributed by atoms with Crippen molar-refractivity contribution in [2.45, 2.75) is 18.9 Å². The Morgan fingerprint density at radius 3 is 2.79 bits per heavy atom. The molecule has 104 valence electrons. The molecule has 5 heteroatoms. The van der Waals surface area contributed by atoms with Crippen LogP contribution in [0.25, 0.3) is 0 Å². The van der Waals surface area contributed by atoms with Crippen LogP contribution in [-0.4, -0.2) is 55.3 Å². The quantitative estimate of drug-likeness (QED) is 0.829. The molecule has 2 saturated heterocycles. The van der Waals surface area contributed by atoms with E-state index in [-0.39, 0.29) is 0 Å². The van der Waals surface area contributed by atoms with Crippen LogP contribution in [0.3, 0.4) is 0 Å². The second kappa shape index (κ2) is 6.07. The van der Waals surface area contributed by atoms with Crippen LogP contribution in [0.1, 0.15) is 12.8 Å². The molecular weight excluding hydrogens is 262 g/mol. The molecule has 0 aliphatic carbocycles. The molecule has 4 nitrogen and oxygen atoms in total. The monoisotopic (exact) mass is 281 g/mol. The Hall–Kier alpha value is -0.840. The van der Waals surface area contributed by atoms with Crippen LogP contribution < -0.4 is 4.90 Å². The number of aromatic nitrogens is 1. The number of rotatable bonds is 2. The maximum atomic E-state index is 6.20. The minimum absolute atomic E-state index is 0.607. The van der Waals surface area contributed by atoms with Gasteiger partial charge in [0.1, 0.15) is 5.82 Å². The molecule has 0 aromatic carbocycles. The van der Waals surface area contributed by atoms with Crippen LogP contribution in [0.15, 0.2) is 18.3 Å². The minimum Gasteiger partial charge on any atom is -0.380 e. The van der Waals surface area contributed by atoms with E-state index in [4.69, 9.17) is 16.3 Å². The fourth-order valence-corrected chi connectivity index (χ4v) is 3.16. The summed E-state index contributed by atoms with van der Waals surface area (Å²) in [7, 11) is 0. The highest BCUT2D eigenvalue weighted by atomic mass is 35.5. The van der Waals surface area contributed by atoms with Crippen LogP contribution in [0.5, 0.6) is 0 Å². The van der Waals surface area contributed by atoms with Gasteiger partial charge in [-0.1, -0.05) is 11.6 Å². The molecule has 2 aliphatic heterocycles. The summed E-state index contributed by atoms with van der Waals surface area (Å²) in [5, 5.41) is 0.747. The Bertz CT molecular complexity index is 415. The number of hydrogen-bond acceptors (Lipinski definition) is 4. The summed E-state index contributed by atoms with van der Waals surface area (Å²) in [4.78, 5) is 9.22. The number of pyridine rings is 1. The third kappa shape index (κ3) is 3.02. The lowest BCUT2D eigenvalue weighted by atomic mass is 10.1. The summed E-state index contributed by atoms with van der Waals surface area (Å²) >= 11 is 6.20. The molecule has 0 saturated carbocycles. The average molecular weight is 282 g/mol. The van der Waals surface area contributed by atoms with Crippen molar-refractivity contribution >= 4 is 17.4 Å². The number of halogens is 1. The number of nitrogens with zero attached hydrogens (tertiary/aromatic N) is 3. The number of piperazine rings is 1. The summed E-state index contributed by atoms with van der Waals surface area (Å²) in [6, 6.07) is 4.39. The van der Waals surface area contributed by atoms with E-state index in [1.165, 1.54) is 12.8 Å². The normalized spacial score (nSPS) is 25.5. The van der Waals surface area contributed by atoms with E-state index in [0.717, 1.165) is 50.2 Å². The van der Waals surface area contributed by atoms with Crippen molar-refractivity contribution in [1.82, 2.24) is 9.88 Å². The molecule has 2 fully saturated rings. The number of anilines is 1. The molecule has 0 amide bonds. The molecule has 0 spiro atoms. The fourth-order valence-electron chi connectivity index (χ4n) is 2.92. The zero-order valence-electron chi connectivity index (χ0n) is 11.1. The van der Waals surface area contributed by atoms with Gasteiger partial charge in [0.05, 0.1) is 11.6 Å². The van der Waals surface area contributed by atoms with E-state index in [2.05, 4.69) is 14.8 Å². The van der Waals surface area contributed by atoms with E-state index in [1.54, 1.807) is 0 Å². The lowest BCUT2D eigenvalue weighted by Crippen LogP contribution is -2.52. The van der Waals surface area contributed by atoms with Gasteiger partial charge in [-0.05, 0) is 25.0 Å². The highest BCUT2D eigenvalue weighted by Gasteiger charge is 2.26. The van der Waals surface area contributed by atoms with Crippen LogP contribution in [0.4, 0.5) is 5.82 Å². The van der Waals surface area contributed by atoms with Crippen molar-refractivity contribution in [3.05, 3.63) is 23.4 Å². The van der Waals surface area contributed by atoms with Gasteiger partial charge in [-0.2, -0.15) is 0 Å². The predicted octanol–water partition coefficient (Wildman–Crippen LogP) is 2.04. The first-order valence-electron chi connectivity index (χ1n) is 7.02. The second-order valence-electron chi connectivity index (χ2n) is 5.20. The third-order valence-electron chi connectivity index (χ3n) is 4.01. The topological polar surface area (TPSA) is 28.6 Å². The van der Waals surface area contributed by atoms with E-state index in [9.17, 15) is 0 Å². The van der Waals surface area contributed by atoms with Crippen molar-refractivity contribution in [3.8, 4) is 0 Å². The SMILES string of the molecule is Clc1cccnc1N1CCN(C2CCCOC2)CC1. The molecule has 1 atom stereocenters. The van der Waals surface area contributed by atoms with Crippen LogP contribution >= 0.6 is 11.6 Å². The Kier molecular flexibility index (Phi) is 4.21. The van der Waals surface area contributed by atoms with Gasteiger partial charge in [0, 0.05) is 45.0 Å². The minimum atomic E-state index is 0.607. The summed E-state index contributed by atoms with van der Waals surface area (Å²) < 4.78 is 5.58. The Morgan fingerprint density at radius 2 is 2.11 bits per heavy atom. The maximum Gasteiger partial charge on any atom is 0.147 e. The van der Waals surface area contributed by atoms with Gasteiger partial charge in [0.15, 0.2) is 0 Å². The Labute approximate surface area is 119 Å². The first-order chi connectivity index (χ1) is 9.34. The number of hydrogen-bond donors (Lipinski definition) is 0. The van der Waals surface area contributed by atoms with Crippen molar-refractivity contribution in [2.75, 3.05) is 44.3 Å². The van der Waals surface area contributed by atoms with Crippen molar-refractivity contribution < 1.29 is 4.74 Å². The largest absolute Gasteiger partial charge is 0.380 e. The molecule has 3 rings (SSSR count). The smallest absolute Gasteiger partial charge is 0.147 e. The lowest BCUT2D eigenvalue weighted by molar-refractivity contribution is 0.0158. The predicted molar refractivity (Wildman–Crippen MR) is 76.9 cm³/mol. The summed E-state index contributed by atoms with van der Waals surface area (Å²) in [6.07, 6.45) is 4.27. The van der Waals surface area contributed by atoms with Gasteiger partial charge in [-0.15, -0.1) is 0 Å². The summed E-state index contributed by atoms with van der Waals surface area (Å²) in [6.45, 7) is 5.95. The Balaban J connectivity index is 1.58. The molecule has 1 aromatic heterocycles. The summed E-state index contributed by atoms with van der Waals surface area (Å²) in [5.41, 5.74) is 0. The van der Waals surface area contributed by atoms with E-state index in [0.29, 0.717) is 6.04 Å². The molecule has 3 heterocycles. The van der Waals surface area contributed by atoms with E-state index < -0.39 is 0 Å². The molecular formula is C14H20ClN3O. The van der Waals surface area contributed by atoms with Gasteiger partial charge in [0.25, 0.3) is 0 Å². The highest BCUT2D eigenvalue weighted by molar-refractivity contribution is 6.32. The Morgan fingerprint density at radius 1 is 1.26 bits per heavy atom. The van der Waals surface area contributed by atoms with Crippen LogP contribution in [-0.2, 0) is 4.74 Å². The van der Waals surface area contributed by atoms with Crippen LogP contribution in [0.2, 0.25) is 5.02 Å². The average Bonchev–Trinajstić information content (AvgIpc) is 2.49. The van der Waals surface area contributed by atoms with Gasteiger partial charge in [-0.3, -0.25) is 4.90 Å². The molecule has 2 aliphatic rings. The maximum absolute atomic E-state index is 6.20. The molecule has 0 bridgehead atoms. The van der Waals surface area contributed by atoms with Gasteiger partial charge >= 0.3 is 0 Å². The lowest BCUT2D eigenvalue weighted by Gasteiger charge is -2.41. The molecule has 0 radical (unpaired) electrons. The van der Waals surface area contributed by atoms with Gasteiger partial charge in [0.2, 0.25) is 0 Å². The number of ether oxygens (including phenoxy) is 1. The first-order valence-corrected chi connectivity index (χ1v) is 7.39. The highest BCUT2D eigenvalue weighted by Crippen LogP contribution is 2.24. The zero-order valence-corrected chi connectivity index (χ0v) is 11.9. The van der Waals surface area contributed by atoms with E-state index >= 15 is 0 Å². The fraction of sp³-hybridized carbons (Fsp3) is 0.643. The van der Waals surface area contributed by atoms with Crippen LogP contribution in [0, 0.1) is 0 Å². The molecule has 1 unspecified atom stereocenters. The van der Waals surface area contributed by atoms with Crippen molar-refractivity contribution in [2.24, 2.45) is 0 Å². The van der Waals surface area contributed by atoms with E-state index in [1.807, 2.05) is 18.3 Å². The molecule has 19 heavy (non-hydrogen) atoms. The first kappa shape index (κ1) is 13.2. The van der Waals surface area contributed by atoms with Crippen molar-refractivity contribution in [1.29, 1.82) is 0 Å². The standard InChI is InChI=1S/C14H20ClN3O/c15-13-4-1-5-16-14(13)18-8-6-17(7-9-18)12-3-2-10-19-11-12/h1,4-5,12H,2-3,6-11H2. The second-order valence-corrected chi connectivity index (χ2v) is 5.61.